The molecule has 2 aromatic carbocycles. The minimum atomic E-state index is -0.354. The van der Waals surface area contributed by atoms with Crippen LogP contribution in [-0.2, 0) is 6.61 Å². The molecule has 0 spiro atoms. The quantitative estimate of drug-likeness (QED) is 0.582. The van der Waals surface area contributed by atoms with E-state index in [1.807, 2.05) is 24.4 Å². The molecule has 168 valence electrons. The normalized spacial score (nSPS) is 15.4. The second kappa shape index (κ2) is 10.1. The van der Waals surface area contributed by atoms with Crippen molar-refractivity contribution in [3.05, 3.63) is 76.0 Å². The largest absolute Gasteiger partial charge is 0.487 e. The number of benzene rings is 2. The molecule has 3 aromatic rings. The van der Waals surface area contributed by atoms with Crippen molar-refractivity contribution in [2.24, 2.45) is 0 Å². The van der Waals surface area contributed by atoms with Crippen molar-refractivity contribution in [3.63, 3.8) is 0 Å². The van der Waals surface area contributed by atoms with E-state index in [0.717, 1.165) is 43.1 Å². The third kappa shape index (κ3) is 5.44. The second-order valence-corrected chi connectivity index (χ2v) is 8.70. The van der Waals surface area contributed by atoms with Crippen molar-refractivity contribution >= 4 is 22.9 Å². The summed E-state index contributed by atoms with van der Waals surface area (Å²) in [5.41, 5.74) is 4.84. The van der Waals surface area contributed by atoms with E-state index in [1.54, 1.807) is 23.7 Å². The van der Waals surface area contributed by atoms with E-state index in [1.165, 1.54) is 23.5 Å². The molecule has 1 aliphatic heterocycles. The maximum absolute atomic E-state index is 14.1. The molecule has 0 saturated carbocycles. The average Bonchev–Trinajstić information content (AvgIpc) is 3.32. The van der Waals surface area contributed by atoms with Gasteiger partial charge in [-0.2, -0.15) is 0 Å². The molecule has 6 nitrogen and oxygen atoms in total. The molecule has 1 unspecified atom stereocenters. The number of nitrogens with one attached hydrogen (secondary N) is 1. The summed E-state index contributed by atoms with van der Waals surface area (Å²) in [4.78, 5) is 21.7. The van der Waals surface area contributed by atoms with Gasteiger partial charge in [-0.3, -0.25) is 4.79 Å². The first kappa shape index (κ1) is 22.2. The third-order valence-corrected chi connectivity index (χ3v) is 6.25. The molecule has 8 heteroatoms. The highest BCUT2D eigenvalue weighted by molar-refractivity contribution is 7.07. The van der Waals surface area contributed by atoms with Crippen LogP contribution in [0.2, 0.25) is 0 Å². The number of aromatic nitrogens is 1. The zero-order valence-electron chi connectivity index (χ0n) is 18.3. The average molecular weight is 455 g/mol. The number of carbonyl (C=O) groups is 1. The highest BCUT2D eigenvalue weighted by atomic mass is 32.1. The van der Waals surface area contributed by atoms with E-state index in [-0.39, 0.29) is 17.8 Å². The molecule has 0 radical (unpaired) electrons. The lowest BCUT2D eigenvalue weighted by Gasteiger charge is -2.36. The summed E-state index contributed by atoms with van der Waals surface area (Å²) in [5, 5.41) is 4.94. The van der Waals surface area contributed by atoms with Gasteiger partial charge in [-0.25, -0.2) is 9.37 Å². The van der Waals surface area contributed by atoms with Crippen LogP contribution in [0.25, 0.3) is 0 Å². The molecule has 1 aromatic heterocycles. The number of piperazine rings is 1. The molecule has 0 bridgehead atoms. The smallest absolute Gasteiger partial charge is 0.251 e. The Hall–Kier alpha value is -2.97. The second-order valence-electron chi connectivity index (χ2n) is 7.98. The van der Waals surface area contributed by atoms with Gasteiger partial charge in [-0.15, -0.1) is 11.3 Å². The predicted molar refractivity (Wildman–Crippen MR) is 125 cm³/mol. The van der Waals surface area contributed by atoms with Crippen molar-refractivity contribution in [1.82, 2.24) is 15.2 Å². The first-order chi connectivity index (χ1) is 15.5. The Morgan fingerprint density at radius 3 is 2.78 bits per heavy atom. The fraction of sp³-hybridized carbons (Fsp3) is 0.333. The van der Waals surface area contributed by atoms with Gasteiger partial charge < -0.3 is 19.9 Å². The maximum Gasteiger partial charge on any atom is 0.251 e. The summed E-state index contributed by atoms with van der Waals surface area (Å²) in [5.74, 6) is 0.0591. The molecule has 1 atom stereocenters. The number of carbonyl (C=O) groups excluding carboxylic acids is 1. The zero-order valence-corrected chi connectivity index (χ0v) is 19.1. The molecule has 1 amide bonds. The van der Waals surface area contributed by atoms with Gasteiger partial charge in [0.15, 0.2) is 0 Å². The number of nitrogens with zero attached hydrogens (tertiary/aromatic N) is 3. The zero-order chi connectivity index (χ0) is 22.5. The molecular formula is C24H27FN4O2S. The number of rotatable bonds is 7. The predicted octanol–water partition coefficient (Wildman–Crippen LogP) is 4.10. The third-order valence-electron chi connectivity index (χ3n) is 5.61. The lowest BCUT2D eigenvalue weighted by molar-refractivity contribution is 0.0939. The molecule has 32 heavy (non-hydrogen) atoms. The summed E-state index contributed by atoms with van der Waals surface area (Å²) in [6, 6.07) is 11.5. The van der Waals surface area contributed by atoms with Crippen LogP contribution in [0.1, 0.15) is 34.6 Å². The fourth-order valence-electron chi connectivity index (χ4n) is 3.76. The minimum absolute atomic E-state index is 0.231. The van der Waals surface area contributed by atoms with Crippen LogP contribution in [0.15, 0.2) is 53.4 Å². The van der Waals surface area contributed by atoms with Gasteiger partial charge in [-0.1, -0.05) is 6.07 Å². The molecule has 0 aliphatic carbocycles. The Kier molecular flexibility index (Phi) is 7.02. The first-order valence-corrected chi connectivity index (χ1v) is 11.6. The number of ether oxygens (including phenoxy) is 1. The Morgan fingerprint density at radius 2 is 2.03 bits per heavy atom. The monoisotopic (exact) mass is 454 g/mol. The SMILES string of the molecule is CC(NC(=O)c1cccc(OCc2cscn2)c1)c1cc(F)ccc1N1CCN(C)CC1. The van der Waals surface area contributed by atoms with Crippen molar-refractivity contribution < 1.29 is 13.9 Å². The van der Waals surface area contributed by atoms with Gasteiger partial charge in [-0.05, 0) is 50.4 Å². The fourth-order valence-corrected chi connectivity index (χ4v) is 4.30. The topological polar surface area (TPSA) is 57.7 Å². The molecule has 1 saturated heterocycles. The van der Waals surface area contributed by atoms with Gasteiger partial charge in [0.2, 0.25) is 0 Å². The van der Waals surface area contributed by atoms with Crippen LogP contribution in [0, 0.1) is 5.82 Å². The van der Waals surface area contributed by atoms with Crippen LogP contribution >= 0.6 is 11.3 Å². The number of thiazole rings is 1. The van der Waals surface area contributed by atoms with Crippen molar-refractivity contribution in [2.45, 2.75) is 19.6 Å². The number of anilines is 1. The molecular weight excluding hydrogens is 427 g/mol. The Labute approximate surface area is 191 Å². The van der Waals surface area contributed by atoms with E-state index in [0.29, 0.717) is 17.9 Å². The number of likely N-dealkylation sites (N-methyl/N-ethyl adjacent to an activating group) is 1. The van der Waals surface area contributed by atoms with E-state index < -0.39 is 0 Å². The van der Waals surface area contributed by atoms with Gasteiger partial charge in [0.1, 0.15) is 18.2 Å². The molecule has 1 aliphatic rings. The van der Waals surface area contributed by atoms with E-state index in [2.05, 4.69) is 27.1 Å². The van der Waals surface area contributed by atoms with Crippen LogP contribution < -0.4 is 15.0 Å². The summed E-state index contributed by atoms with van der Waals surface area (Å²) >= 11 is 1.51. The van der Waals surface area contributed by atoms with E-state index >= 15 is 0 Å². The number of amides is 1. The van der Waals surface area contributed by atoms with Gasteiger partial charge in [0, 0.05) is 48.4 Å². The Bertz CT molecular complexity index is 1050. The maximum atomic E-state index is 14.1. The standard InChI is InChI=1S/C24H27FN4O2S/c1-17(22-13-19(25)6-7-23(22)29-10-8-28(2)9-11-29)27-24(30)18-4-3-5-21(12-18)31-14-20-15-32-16-26-20/h3-7,12-13,15-17H,8-11,14H2,1-2H3,(H,27,30). The summed E-state index contributed by atoms with van der Waals surface area (Å²) < 4.78 is 19.8. The highest BCUT2D eigenvalue weighted by Gasteiger charge is 2.21. The van der Waals surface area contributed by atoms with E-state index in [9.17, 15) is 9.18 Å². The van der Waals surface area contributed by atoms with Crippen molar-refractivity contribution in [3.8, 4) is 5.75 Å². The molecule has 4 rings (SSSR count). The lowest BCUT2D eigenvalue weighted by atomic mass is 10.0. The molecule has 1 fully saturated rings. The Morgan fingerprint density at radius 1 is 1.22 bits per heavy atom. The Balaban J connectivity index is 1.46. The number of hydrogen-bond acceptors (Lipinski definition) is 6. The molecule has 2 heterocycles. The number of halogens is 1. The van der Waals surface area contributed by atoms with Crippen LogP contribution in [-0.4, -0.2) is 49.0 Å². The molecule has 1 N–H and O–H groups in total. The number of hydrogen-bond donors (Lipinski definition) is 1. The van der Waals surface area contributed by atoms with Crippen LogP contribution in [0.5, 0.6) is 5.75 Å². The summed E-state index contributed by atoms with van der Waals surface area (Å²) in [6.45, 7) is 5.87. The van der Waals surface area contributed by atoms with E-state index in [4.69, 9.17) is 4.74 Å². The lowest BCUT2D eigenvalue weighted by Crippen LogP contribution is -2.45. The summed E-state index contributed by atoms with van der Waals surface area (Å²) in [6.07, 6.45) is 0. The van der Waals surface area contributed by atoms with Crippen molar-refractivity contribution in [2.75, 3.05) is 38.1 Å². The van der Waals surface area contributed by atoms with Crippen LogP contribution in [0.4, 0.5) is 10.1 Å². The van der Waals surface area contributed by atoms with Gasteiger partial charge in [0.05, 0.1) is 17.2 Å². The first-order valence-electron chi connectivity index (χ1n) is 10.6. The minimum Gasteiger partial charge on any atom is -0.487 e. The summed E-state index contributed by atoms with van der Waals surface area (Å²) in [7, 11) is 2.10. The highest BCUT2D eigenvalue weighted by Crippen LogP contribution is 2.29. The van der Waals surface area contributed by atoms with Gasteiger partial charge >= 0.3 is 0 Å². The van der Waals surface area contributed by atoms with Gasteiger partial charge in [0.25, 0.3) is 5.91 Å². The van der Waals surface area contributed by atoms with Crippen LogP contribution in [0.3, 0.4) is 0 Å². The van der Waals surface area contributed by atoms with Crippen molar-refractivity contribution in [1.29, 1.82) is 0 Å².